The molecule has 1 amide bonds. The first-order valence-corrected chi connectivity index (χ1v) is 7.75. The maximum Gasteiger partial charge on any atom is 0.340 e. The fourth-order valence-corrected chi connectivity index (χ4v) is 2.18. The number of aromatic nitrogens is 2. The summed E-state index contributed by atoms with van der Waals surface area (Å²) in [5.74, 6) is -1.85. The van der Waals surface area contributed by atoms with Crippen LogP contribution in [0.3, 0.4) is 0 Å². The van der Waals surface area contributed by atoms with Crippen LogP contribution in [-0.2, 0) is 4.74 Å². The predicted molar refractivity (Wildman–Crippen MR) is 90.0 cm³/mol. The van der Waals surface area contributed by atoms with Gasteiger partial charge in [-0.05, 0) is 43.3 Å². The topological polar surface area (TPSA) is 94.3 Å². The second-order valence-electron chi connectivity index (χ2n) is 5.14. The molecule has 0 aliphatic rings. The summed E-state index contributed by atoms with van der Waals surface area (Å²) in [5.41, 5.74) is 0.948. The number of amides is 1. The summed E-state index contributed by atoms with van der Waals surface area (Å²) < 4.78 is 23.2. The van der Waals surface area contributed by atoms with Crippen LogP contribution in [0.4, 0.5) is 10.1 Å². The number of ether oxygens (including phenoxy) is 1. The van der Waals surface area contributed by atoms with Gasteiger partial charge in [0.1, 0.15) is 5.82 Å². The number of carbonyl (C=O) groups is 2. The van der Waals surface area contributed by atoms with Crippen LogP contribution in [0.5, 0.6) is 0 Å². The van der Waals surface area contributed by atoms with Gasteiger partial charge in [-0.3, -0.25) is 4.79 Å². The van der Waals surface area contributed by atoms with Crippen molar-refractivity contribution in [2.24, 2.45) is 0 Å². The Hall–Kier alpha value is -3.55. The van der Waals surface area contributed by atoms with Crippen LogP contribution >= 0.6 is 0 Å². The number of anilines is 1. The summed E-state index contributed by atoms with van der Waals surface area (Å²) in [6.45, 7) is 1.90. The third-order valence-electron chi connectivity index (χ3n) is 3.38. The minimum atomic E-state index is -0.678. The Morgan fingerprint density at radius 3 is 2.58 bits per heavy atom. The molecule has 8 heteroatoms. The lowest BCUT2D eigenvalue weighted by atomic mass is 10.2. The fraction of sp³-hybridized carbons (Fsp3) is 0.111. The highest BCUT2D eigenvalue weighted by Gasteiger charge is 2.19. The molecule has 0 fully saturated rings. The van der Waals surface area contributed by atoms with Crippen molar-refractivity contribution >= 4 is 17.6 Å². The maximum absolute atomic E-state index is 13.0. The fourth-order valence-electron chi connectivity index (χ4n) is 2.18. The lowest BCUT2D eigenvalue weighted by molar-refractivity contribution is 0.0527. The summed E-state index contributed by atoms with van der Waals surface area (Å²) in [4.78, 5) is 24.3. The zero-order valence-electron chi connectivity index (χ0n) is 13.7. The van der Waals surface area contributed by atoms with Gasteiger partial charge in [0.2, 0.25) is 5.89 Å². The van der Waals surface area contributed by atoms with E-state index >= 15 is 0 Å². The lowest BCUT2D eigenvalue weighted by Crippen LogP contribution is -2.16. The number of para-hydroxylation sites is 1. The second-order valence-corrected chi connectivity index (χ2v) is 5.14. The number of rotatable bonds is 5. The molecule has 132 valence electrons. The summed E-state index contributed by atoms with van der Waals surface area (Å²) in [6.07, 6.45) is 0. The Labute approximate surface area is 147 Å². The van der Waals surface area contributed by atoms with Crippen LogP contribution in [0.25, 0.3) is 11.5 Å². The highest BCUT2D eigenvalue weighted by atomic mass is 19.1. The molecule has 1 aromatic heterocycles. The third-order valence-corrected chi connectivity index (χ3v) is 3.38. The first-order valence-electron chi connectivity index (χ1n) is 7.75. The molecule has 0 saturated carbocycles. The van der Waals surface area contributed by atoms with Gasteiger partial charge in [-0.15, -0.1) is 10.2 Å². The van der Waals surface area contributed by atoms with Crippen molar-refractivity contribution in [1.29, 1.82) is 0 Å². The van der Waals surface area contributed by atoms with E-state index in [2.05, 4.69) is 15.5 Å². The average molecular weight is 355 g/mol. The molecule has 7 nitrogen and oxygen atoms in total. The summed E-state index contributed by atoms with van der Waals surface area (Å²) in [6, 6.07) is 11.8. The van der Waals surface area contributed by atoms with Gasteiger partial charge in [0.25, 0.3) is 0 Å². The van der Waals surface area contributed by atoms with E-state index in [1.54, 1.807) is 25.1 Å². The van der Waals surface area contributed by atoms with Crippen LogP contribution < -0.4 is 5.32 Å². The smallest absolute Gasteiger partial charge is 0.340 e. The standard InChI is InChI=1S/C18H14FN3O4/c1-2-25-18(24)13-5-3-4-6-14(13)20-15(23)17-22-21-16(26-17)11-7-9-12(19)10-8-11/h3-10H,2H2,1H3,(H,20,23). The number of halogens is 1. The number of benzene rings is 2. The number of esters is 1. The highest BCUT2D eigenvalue weighted by Crippen LogP contribution is 2.20. The van der Waals surface area contributed by atoms with E-state index in [4.69, 9.17) is 9.15 Å². The van der Waals surface area contributed by atoms with Gasteiger partial charge in [0.15, 0.2) is 0 Å². The number of nitrogens with one attached hydrogen (secondary N) is 1. The average Bonchev–Trinajstić information content (AvgIpc) is 3.13. The highest BCUT2D eigenvalue weighted by molar-refractivity contribution is 6.05. The molecule has 0 aliphatic heterocycles. The van der Waals surface area contributed by atoms with E-state index in [0.717, 1.165) is 0 Å². The van der Waals surface area contributed by atoms with Crippen molar-refractivity contribution in [3.8, 4) is 11.5 Å². The molecule has 0 spiro atoms. The largest absolute Gasteiger partial charge is 0.462 e. The van der Waals surface area contributed by atoms with Gasteiger partial charge < -0.3 is 14.5 Å². The summed E-state index contributed by atoms with van der Waals surface area (Å²) in [5, 5.41) is 10.0. The first-order chi connectivity index (χ1) is 12.6. The predicted octanol–water partition coefficient (Wildman–Crippen LogP) is 3.30. The van der Waals surface area contributed by atoms with Gasteiger partial charge in [-0.2, -0.15) is 0 Å². The third kappa shape index (κ3) is 3.75. The SMILES string of the molecule is CCOC(=O)c1ccccc1NC(=O)c1nnc(-c2ccc(F)cc2)o1. The molecule has 0 radical (unpaired) electrons. The molecule has 1 heterocycles. The molecule has 3 rings (SSSR count). The molecule has 3 aromatic rings. The second kappa shape index (κ2) is 7.56. The van der Waals surface area contributed by atoms with E-state index in [0.29, 0.717) is 5.56 Å². The van der Waals surface area contributed by atoms with Crippen molar-refractivity contribution in [2.75, 3.05) is 11.9 Å². The molecule has 0 aliphatic carbocycles. The molecule has 2 aromatic carbocycles. The molecule has 26 heavy (non-hydrogen) atoms. The van der Waals surface area contributed by atoms with Gasteiger partial charge in [-0.1, -0.05) is 12.1 Å². The van der Waals surface area contributed by atoms with Crippen LogP contribution in [0.15, 0.2) is 52.9 Å². The van der Waals surface area contributed by atoms with Crippen LogP contribution in [-0.4, -0.2) is 28.7 Å². The van der Waals surface area contributed by atoms with Gasteiger partial charge in [0.05, 0.1) is 17.9 Å². The van der Waals surface area contributed by atoms with Crippen molar-refractivity contribution in [2.45, 2.75) is 6.92 Å². The Bertz CT molecular complexity index is 938. The minimum absolute atomic E-state index is 0.0776. The normalized spacial score (nSPS) is 10.4. The number of nitrogens with zero attached hydrogens (tertiary/aromatic N) is 2. The van der Waals surface area contributed by atoms with E-state index in [1.165, 1.54) is 30.3 Å². The number of hydrogen-bond acceptors (Lipinski definition) is 6. The molecule has 0 saturated heterocycles. The first kappa shape index (κ1) is 17.3. The quantitative estimate of drug-likeness (QED) is 0.706. The monoisotopic (exact) mass is 355 g/mol. The molecular weight excluding hydrogens is 341 g/mol. The van der Waals surface area contributed by atoms with Gasteiger partial charge >= 0.3 is 17.8 Å². The molecule has 1 N–H and O–H groups in total. The van der Waals surface area contributed by atoms with Crippen molar-refractivity contribution in [3.05, 3.63) is 65.8 Å². The zero-order chi connectivity index (χ0) is 18.5. The zero-order valence-corrected chi connectivity index (χ0v) is 13.7. The van der Waals surface area contributed by atoms with Crippen molar-refractivity contribution in [3.63, 3.8) is 0 Å². The molecule has 0 bridgehead atoms. The van der Waals surface area contributed by atoms with Crippen LogP contribution in [0, 0.1) is 5.82 Å². The number of hydrogen-bond donors (Lipinski definition) is 1. The van der Waals surface area contributed by atoms with Crippen LogP contribution in [0.2, 0.25) is 0 Å². The number of carbonyl (C=O) groups excluding carboxylic acids is 2. The Kier molecular flexibility index (Phi) is 5.02. The van der Waals surface area contributed by atoms with Crippen molar-refractivity contribution < 1.29 is 23.1 Å². The molecule has 0 atom stereocenters. The van der Waals surface area contributed by atoms with E-state index < -0.39 is 17.7 Å². The van der Waals surface area contributed by atoms with Crippen LogP contribution in [0.1, 0.15) is 28.0 Å². The Morgan fingerprint density at radius 1 is 1.12 bits per heavy atom. The molecular formula is C18H14FN3O4. The van der Waals surface area contributed by atoms with Gasteiger partial charge in [0, 0.05) is 5.56 Å². The summed E-state index contributed by atoms with van der Waals surface area (Å²) >= 11 is 0. The van der Waals surface area contributed by atoms with Crippen molar-refractivity contribution in [1.82, 2.24) is 10.2 Å². The lowest BCUT2D eigenvalue weighted by Gasteiger charge is -2.08. The Balaban J connectivity index is 1.79. The summed E-state index contributed by atoms with van der Waals surface area (Å²) in [7, 11) is 0. The van der Waals surface area contributed by atoms with Gasteiger partial charge in [-0.25, -0.2) is 9.18 Å². The maximum atomic E-state index is 13.0. The Morgan fingerprint density at radius 2 is 1.85 bits per heavy atom. The molecule has 0 unspecified atom stereocenters. The van der Waals surface area contributed by atoms with E-state index in [-0.39, 0.29) is 29.6 Å². The van der Waals surface area contributed by atoms with E-state index in [9.17, 15) is 14.0 Å². The minimum Gasteiger partial charge on any atom is -0.462 e. The van der Waals surface area contributed by atoms with E-state index in [1.807, 2.05) is 0 Å².